The summed E-state index contributed by atoms with van der Waals surface area (Å²) in [5, 5.41) is 0. The Kier molecular flexibility index (Phi) is 5.55. The van der Waals surface area contributed by atoms with Gasteiger partial charge in [0.1, 0.15) is 0 Å². The van der Waals surface area contributed by atoms with E-state index in [-0.39, 0.29) is 0 Å². The van der Waals surface area contributed by atoms with Crippen LogP contribution in [0.1, 0.15) is 28.7 Å². The minimum absolute atomic E-state index is 0.342. The van der Waals surface area contributed by atoms with Crippen LogP contribution in [0.25, 0.3) is 0 Å². The number of aromatic nitrogens is 1. The van der Waals surface area contributed by atoms with Gasteiger partial charge in [-0.3, -0.25) is 4.98 Å². The van der Waals surface area contributed by atoms with Gasteiger partial charge in [-0.2, -0.15) is 4.31 Å². The van der Waals surface area contributed by atoms with Crippen LogP contribution in [-0.2, 0) is 35.8 Å². The molecule has 1 aliphatic rings. The molecule has 28 heavy (non-hydrogen) atoms. The normalized spacial score (nSPS) is 13.6. The maximum Gasteiger partial charge on any atom is 0.243 e. The molecule has 1 heterocycles. The van der Waals surface area contributed by atoms with E-state index in [0.29, 0.717) is 24.4 Å². The Morgan fingerprint density at radius 2 is 1.61 bits per heavy atom. The lowest BCUT2D eigenvalue weighted by molar-refractivity contribution is 0.409. The maximum absolute atomic E-state index is 13.5. The van der Waals surface area contributed by atoms with E-state index in [9.17, 15) is 8.42 Å². The Labute approximate surface area is 166 Å². The van der Waals surface area contributed by atoms with Crippen LogP contribution in [-0.4, -0.2) is 24.3 Å². The largest absolute Gasteiger partial charge is 0.265 e. The van der Waals surface area contributed by atoms with Crippen molar-refractivity contribution in [1.29, 1.82) is 0 Å². The molecule has 0 amide bonds. The van der Waals surface area contributed by atoms with Gasteiger partial charge in [-0.05, 0) is 72.2 Å². The topological polar surface area (TPSA) is 50.3 Å². The summed E-state index contributed by atoms with van der Waals surface area (Å²) in [6, 6.07) is 19.4. The fourth-order valence-electron chi connectivity index (χ4n) is 3.73. The molecular formula is C23H24N2O2S. The quantitative estimate of drug-likeness (QED) is 0.611. The van der Waals surface area contributed by atoms with Crippen molar-refractivity contribution >= 4 is 10.0 Å². The smallest absolute Gasteiger partial charge is 0.243 e. The SMILES string of the molecule is O=S(=O)(c1ccc2c(c1)CCC2)N(CCc1ccccc1)Cc1ccncc1. The molecule has 5 heteroatoms. The van der Waals surface area contributed by atoms with E-state index in [1.165, 1.54) is 11.1 Å². The number of rotatable bonds is 7. The Morgan fingerprint density at radius 3 is 2.39 bits per heavy atom. The zero-order valence-electron chi connectivity index (χ0n) is 15.8. The van der Waals surface area contributed by atoms with Gasteiger partial charge in [-0.1, -0.05) is 36.4 Å². The van der Waals surface area contributed by atoms with E-state index in [2.05, 4.69) is 4.98 Å². The fourth-order valence-corrected chi connectivity index (χ4v) is 5.21. The number of benzene rings is 2. The highest BCUT2D eigenvalue weighted by atomic mass is 32.2. The Balaban J connectivity index is 1.62. The standard InChI is InChI=1S/C23H24N2O2S/c26-28(27,23-10-9-21-7-4-8-22(21)17-23)25(18-20-11-14-24-15-12-20)16-13-19-5-2-1-3-6-19/h1-3,5-6,9-12,14-15,17H,4,7-8,13,16,18H2. The highest BCUT2D eigenvalue weighted by Crippen LogP contribution is 2.27. The van der Waals surface area contributed by atoms with Crippen molar-refractivity contribution < 1.29 is 8.42 Å². The monoisotopic (exact) mass is 392 g/mol. The molecule has 0 N–H and O–H groups in total. The summed E-state index contributed by atoms with van der Waals surface area (Å²) in [5.41, 5.74) is 4.52. The van der Waals surface area contributed by atoms with Gasteiger partial charge < -0.3 is 0 Å². The third-order valence-corrected chi connectivity index (χ3v) is 7.15. The van der Waals surface area contributed by atoms with Gasteiger partial charge in [-0.15, -0.1) is 0 Å². The van der Waals surface area contributed by atoms with Crippen molar-refractivity contribution in [3.8, 4) is 0 Å². The van der Waals surface area contributed by atoms with Crippen molar-refractivity contribution in [2.24, 2.45) is 0 Å². The van der Waals surface area contributed by atoms with Crippen LogP contribution >= 0.6 is 0 Å². The lowest BCUT2D eigenvalue weighted by atomic mass is 10.1. The second-order valence-electron chi connectivity index (χ2n) is 7.21. The van der Waals surface area contributed by atoms with Crippen LogP contribution in [0.2, 0.25) is 0 Å². The molecule has 3 aromatic rings. The molecule has 0 saturated carbocycles. The molecule has 2 aromatic carbocycles. The third kappa shape index (κ3) is 4.16. The predicted octanol–water partition coefficient (Wildman–Crippen LogP) is 4.00. The van der Waals surface area contributed by atoms with Crippen molar-refractivity contribution in [2.75, 3.05) is 6.54 Å². The molecule has 4 rings (SSSR count). The van der Waals surface area contributed by atoms with Crippen molar-refractivity contribution in [3.63, 3.8) is 0 Å². The molecule has 1 aromatic heterocycles. The van der Waals surface area contributed by atoms with Crippen LogP contribution in [0.4, 0.5) is 0 Å². The van der Waals surface area contributed by atoms with Crippen LogP contribution in [0, 0.1) is 0 Å². The Morgan fingerprint density at radius 1 is 0.857 bits per heavy atom. The van der Waals surface area contributed by atoms with E-state index < -0.39 is 10.0 Å². The van der Waals surface area contributed by atoms with Crippen LogP contribution in [0.15, 0.2) is 78.0 Å². The van der Waals surface area contributed by atoms with E-state index in [1.807, 2.05) is 54.6 Å². The van der Waals surface area contributed by atoms with Gasteiger partial charge in [0, 0.05) is 25.5 Å². The third-order valence-electron chi connectivity index (χ3n) is 5.31. The first-order valence-corrected chi connectivity index (χ1v) is 11.1. The van der Waals surface area contributed by atoms with Crippen LogP contribution in [0.3, 0.4) is 0 Å². The van der Waals surface area contributed by atoms with E-state index >= 15 is 0 Å². The second-order valence-corrected chi connectivity index (χ2v) is 9.15. The molecule has 0 radical (unpaired) electrons. The second kappa shape index (κ2) is 8.25. The lowest BCUT2D eigenvalue weighted by Gasteiger charge is -2.23. The first-order valence-electron chi connectivity index (χ1n) is 9.68. The highest BCUT2D eigenvalue weighted by Gasteiger charge is 2.26. The van der Waals surface area contributed by atoms with Crippen molar-refractivity contribution in [2.45, 2.75) is 37.1 Å². The average molecular weight is 393 g/mol. The minimum atomic E-state index is -3.58. The first-order chi connectivity index (χ1) is 13.6. The molecular weight excluding hydrogens is 368 g/mol. The summed E-state index contributed by atoms with van der Waals surface area (Å²) in [7, 11) is -3.58. The summed E-state index contributed by atoms with van der Waals surface area (Å²) in [6.45, 7) is 0.778. The summed E-state index contributed by atoms with van der Waals surface area (Å²) < 4.78 is 28.5. The molecule has 0 fully saturated rings. The lowest BCUT2D eigenvalue weighted by Crippen LogP contribution is -2.32. The Bertz CT molecular complexity index is 1030. The average Bonchev–Trinajstić information content (AvgIpc) is 3.20. The molecule has 0 bridgehead atoms. The minimum Gasteiger partial charge on any atom is -0.265 e. The summed E-state index contributed by atoms with van der Waals surface area (Å²) in [5.74, 6) is 0. The highest BCUT2D eigenvalue weighted by molar-refractivity contribution is 7.89. The van der Waals surface area contributed by atoms with Gasteiger partial charge >= 0.3 is 0 Å². The van der Waals surface area contributed by atoms with E-state index in [4.69, 9.17) is 0 Å². The fraction of sp³-hybridized carbons (Fsp3) is 0.261. The van der Waals surface area contributed by atoms with Crippen LogP contribution in [0.5, 0.6) is 0 Å². The molecule has 4 nitrogen and oxygen atoms in total. The molecule has 0 unspecified atom stereocenters. The van der Waals surface area contributed by atoms with Gasteiger partial charge in [0.05, 0.1) is 4.90 Å². The number of nitrogens with zero attached hydrogens (tertiary/aromatic N) is 2. The predicted molar refractivity (Wildman–Crippen MR) is 110 cm³/mol. The molecule has 144 valence electrons. The molecule has 0 saturated heterocycles. The Hall–Kier alpha value is -2.50. The van der Waals surface area contributed by atoms with Crippen molar-refractivity contribution in [3.05, 3.63) is 95.3 Å². The number of pyridine rings is 1. The van der Waals surface area contributed by atoms with Gasteiger partial charge in [-0.25, -0.2) is 8.42 Å². The summed E-state index contributed by atoms with van der Waals surface area (Å²) >= 11 is 0. The summed E-state index contributed by atoms with van der Waals surface area (Å²) in [4.78, 5) is 4.44. The zero-order chi connectivity index (χ0) is 19.4. The van der Waals surface area contributed by atoms with E-state index in [1.54, 1.807) is 22.8 Å². The van der Waals surface area contributed by atoms with Crippen LogP contribution < -0.4 is 0 Å². The molecule has 0 spiro atoms. The van der Waals surface area contributed by atoms with E-state index in [0.717, 1.165) is 30.4 Å². The van der Waals surface area contributed by atoms with Crippen molar-refractivity contribution in [1.82, 2.24) is 9.29 Å². The number of hydrogen-bond acceptors (Lipinski definition) is 3. The number of hydrogen-bond donors (Lipinski definition) is 0. The zero-order valence-corrected chi connectivity index (χ0v) is 16.6. The molecule has 0 aliphatic heterocycles. The van der Waals surface area contributed by atoms with Gasteiger partial charge in [0.25, 0.3) is 0 Å². The first kappa shape index (κ1) is 18.8. The number of fused-ring (bicyclic) bond motifs is 1. The number of sulfonamides is 1. The molecule has 0 atom stereocenters. The maximum atomic E-state index is 13.5. The van der Waals surface area contributed by atoms with Gasteiger partial charge in [0.15, 0.2) is 0 Å². The number of aryl methyl sites for hydroxylation is 2. The van der Waals surface area contributed by atoms with Gasteiger partial charge in [0.2, 0.25) is 10.0 Å². The molecule has 1 aliphatic carbocycles. The summed E-state index contributed by atoms with van der Waals surface area (Å²) in [6.07, 6.45) is 7.20.